The zero-order valence-electron chi connectivity index (χ0n) is 13.0. The molecule has 0 aliphatic rings. The minimum absolute atomic E-state index is 0.460. The minimum Gasteiger partial charge on any atom is -0.489 e. The molecule has 2 nitrogen and oxygen atoms in total. The first kappa shape index (κ1) is 16.7. The lowest BCUT2D eigenvalue weighted by molar-refractivity contribution is 0.306. The van der Waals surface area contributed by atoms with Gasteiger partial charge in [0.15, 0.2) is 0 Å². The second-order valence-corrected chi connectivity index (χ2v) is 6.23. The molecule has 0 heterocycles. The molecule has 4 heteroatoms. The first-order valence-corrected chi connectivity index (χ1v) is 8.41. The summed E-state index contributed by atoms with van der Waals surface area (Å²) in [6.45, 7) is 1.20. The van der Waals surface area contributed by atoms with Crippen LogP contribution in [0.1, 0.15) is 11.1 Å². The van der Waals surface area contributed by atoms with Crippen LogP contribution < -0.4 is 10.1 Å². The maximum Gasteiger partial charge on any atom is 0.119 e. The van der Waals surface area contributed by atoms with E-state index in [4.69, 9.17) is 27.9 Å². The van der Waals surface area contributed by atoms with Crippen molar-refractivity contribution < 1.29 is 4.74 Å². The molecule has 3 aromatic rings. The van der Waals surface area contributed by atoms with Crippen molar-refractivity contribution in [2.75, 3.05) is 5.32 Å². The Balaban J connectivity index is 1.53. The highest BCUT2D eigenvalue weighted by Gasteiger charge is 2.01. The normalized spacial score (nSPS) is 10.4. The van der Waals surface area contributed by atoms with E-state index in [1.165, 1.54) is 5.56 Å². The fraction of sp³-hybridized carbons (Fsp3) is 0.100. The lowest BCUT2D eigenvalue weighted by atomic mass is 10.2. The second kappa shape index (κ2) is 8.09. The molecule has 3 rings (SSSR count). The summed E-state index contributed by atoms with van der Waals surface area (Å²) in [6, 6.07) is 23.4. The molecule has 0 saturated carbocycles. The lowest BCUT2D eigenvalue weighted by Gasteiger charge is -2.10. The molecule has 0 amide bonds. The van der Waals surface area contributed by atoms with E-state index >= 15 is 0 Å². The number of hydrogen-bond acceptors (Lipinski definition) is 2. The molecule has 3 aromatic carbocycles. The zero-order valence-corrected chi connectivity index (χ0v) is 14.5. The standard InChI is InChI=1S/C20H17Cl2NO/c21-17-7-9-18(10-8-17)23-13-15-5-11-19(12-6-15)24-14-16-3-1-2-4-20(16)22/h1-12,23H,13-14H2. The summed E-state index contributed by atoms with van der Waals surface area (Å²) in [4.78, 5) is 0. The molecule has 1 N–H and O–H groups in total. The fourth-order valence-corrected chi connectivity index (χ4v) is 2.57. The highest BCUT2D eigenvalue weighted by Crippen LogP contribution is 2.20. The first-order valence-electron chi connectivity index (χ1n) is 7.65. The Morgan fingerprint density at radius 3 is 2.21 bits per heavy atom. The lowest BCUT2D eigenvalue weighted by Crippen LogP contribution is -2.00. The van der Waals surface area contributed by atoms with Crippen molar-refractivity contribution in [3.8, 4) is 5.75 Å². The van der Waals surface area contributed by atoms with Gasteiger partial charge in [0.25, 0.3) is 0 Å². The van der Waals surface area contributed by atoms with Crippen LogP contribution in [-0.2, 0) is 13.2 Å². The predicted octanol–water partition coefficient (Wildman–Crippen LogP) is 6.18. The van der Waals surface area contributed by atoms with Crippen molar-refractivity contribution >= 4 is 28.9 Å². The molecular formula is C20H17Cl2NO. The number of halogens is 2. The molecule has 0 radical (unpaired) electrons. The number of anilines is 1. The number of hydrogen-bond donors (Lipinski definition) is 1. The Bertz CT molecular complexity index is 785. The SMILES string of the molecule is Clc1ccc(NCc2ccc(OCc3ccccc3Cl)cc2)cc1. The quantitative estimate of drug-likeness (QED) is 0.568. The van der Waals surface area contributed by atoms with Crippen molar-refractivity contribution in [1.29, 1.82) is 0 Å². The van der Waals surface area contributed by atoms with Crippen LogP contribution >= 0.6 is 23.2 Å². The van der Waals surface area contributed by atoms with Gasteiger partial charge in [-0.05, 0) is 48.0 Å². The van der Waals surface area contributed by atoms with E-state index in [0.29, 0.717) is 6.61 Å². The van der Waals surface area contributed by atoms with Crippen LogP contribution in [0.3, 0.4) is 0 Å². The van der Waals surface area contributed by atoms with Gasteiger partial charge in [0.1, 0.15) is 12.4 Å². The molecule has 0 saturated heterocycles. The average Bonchev–Trinajstić information content (AvgIpc) is 2.61. The Labute approximate surface area is 152 Å². The van der Waals surface area contributed by atoms with Gasteiger partial charge in [-0.1, -0.05) is 53.5 Å². The Kier molecular flexibility index (Phi) is 5.63. The van der Waals surface area contributed by atoms with Crippen molar-refractivity contribution in [3.05, 3.63) is 94.0 Å². The third-order valence-corrected chi connectivity index (χ3v) is 4.24. The van der Waals surface area contributed by atoms with Crippen molar-refractivity contribution in [2.24, 2.45) is 0 Å². The highest BCUT2D eigenvalue weighted by molar-refractivity contribution is 6.31. The molecule has 0 atom stereocenters. The molecule has 0 aliphatic heterocycles. The van der Waals surface area contributed by atoms with Crippen LogP contribution in [-0.4, -0.2) is 0 Å². The molecule has 0 bridgehead atoms. The molecule has 0 spiro atoms. The van der Waals surface area contributed by atoms with Gasteiger partial charge in [0.05, 0.1) is 0 Å². The molecule has 24 heavy (non-hydrogen) atoms. The van der Waals surface area contributed by atoms with Crippen LogP contribution in [0.15, 0.2) is 72.8 Å². The van der Waals surface area contributed by atoms with Crippen molar-refractivity contribution in [1.82, 2.24) is 0 Å². The van der Waals surface area contributed by atoms with E-state index in [0.717, 1.165) is 33.6 Å². The maximum atomic E-state index is 6.13. The first-order chi connectivity index (χ1) is 11.7. The Hall–Kier alpha value is -2.16. The largest absolute Gasteiger partial charge is 0.489 e. The number of ether oxygens (including phenoxy) is 1. The molecule has 0 unspecified atom stereocenters. The van der Waals surface area contributed by atoms with Crippen LogP contribution in [0, 0.1) is 0 Å². The molecule has 0 aliphatic carbocycles. The summed E-state index contributed by atoms with van der Waals surface area (Å²) < 4.78 is 5.78. The molecular weight excluding hydrogens is 341 g/mol. The van der Waals surface area contributed by atoms with E-state index in [9.17, 15) is 0 Å². The van der Waals surface area contributed by atoms with Gasteiger partial charge in [0, 0.05) is 27.8 Å². The zero-order chi connectivity index (χ0) is 16.8. The Morgan fingerprint density at radius 1 is 0.792 bits per heavy atom. The fourth-order valence-electron chi connectivity index (χ4n) is 2.25. The maximum absolute atomic E-state index is 6.13. The summed E-state index contributed by atoms with van der Waals surface area (Å²) in [7, 11) is 0. The van der Waals surface area contributed by atoms with E-state index in [1.807, 2.05) is 72.8 Å². The van der Waals surface area contributed by atoms with Gasteiger partial charge in [-0.15, -0.1) is 0 Å². The van der Waals surface area contributed by atoms with E-state index < -0.39 is 0 Å². The smallest absolute Gasteiger partial charge is 0.119 e. The summed E-state index contributed by atoms with van der Waals surface area (Å²) >= 11 is 12.0. The molecule has 0 fully saturated rings. The molecule has 122 valence electrons. The Morgan fingerprint density at radius 2 is 1.50 bits per heavy atom. The van der Waals surface area contributed by atoms with Crippen molar-refractivity contribution in [2.45, 2.75) is 13.2 Å². The van der Waals surface area contributed by atoms with Gasteiger partial charge in [-0.3, -0.25) is 0 Å². The summed E-state index contributed by atoms with van der Waals surface area (Å²) in [6.07, 6.45) is 0. The average molecular weight is 358 g/mol. The van der Waals surface area contributed by atoms with Gasteiger partial charge in [-0.25, -0.2) is 0 Å². The van der Waals surface area contributed by atoms with Crippen LogP contribution in [0.4, 0.5) is 5.69 Å². The second-order valence-electron chi connectivity index (χ2n) is 5.38. The number of nitrogens with one attached hydrogen (secondary N) is 1. The van der Waals surface area contributed by atoms with Gasteiger partial charge >= 0.3 is 0 Å². The number of rotatable bonds is 6. The highest BCUT2D eigenvalue weighted by atomic mass is 35.5. The van der Waals surface area contributed by atoms with E-state index in [-0.39, 0.29) is 0 Å². The van der Waals surface area contributed by atoms with Crippen LogP contribution in [0.5, 0.6) is 5.75 Å². The van der Waals surface area contributed by atoms with Crippen LogP contribution in [0.25, 0.3) is 0 Å². The van der Waals surface area contributed by atoms with Gasteiger partial charge in [-0.2, -0.15) is 0 Å². The minimum atomic E-state index is 0.460. The summed E-state index contributed by atoms with van der Waals surface area (Å²) in [5, 5.41) is 4.82. The monoisotopic (exact) mass is 357 g/mol. The van der Waals surface area contributed by atoms with Crippen LogP contribution in [0.2, 0.25) is 10.0 Å². The van der Waals surface area contributed by atoms with Crippen molar-refractivity contribution in [3.63, 3.8) is 0 Å². The van der Waals surface area contributed by atoms with E-state index in [2.05, 4.69) is 5.32 Å². The van der Waals surface area contributed by atoms with Gasteiger partial charge < -0.3 is 10.1 Å². The predicted molar refractivity (Wildman–Crippen MR) is 101 cm³/mol. The van der Waals surface area contributed by atoms with E-state index in [1.54, 1.807) is 0 Å². The van der Waals surface area contributed by atoms with Gasteiger partial charge in [0.2, 0.25) is 0 Å². The summed E-state index contributed by atoms with van der Waals surface area (Å²) in [5.74, 6) is 0.824. The number of benzene rings is 3. The third-order valence-electron chi connectivity index (χ3n) is 3.62. The molecule has 0 aromatic heterocycles. The summed E-state index contributed by atoms with van der Waals surface area (Å²) in [5.41, 5.74) is 3.20. The third kappa shape index (κ3) is 4.67. The topological polar surface area (TPSA) is 21.3 Å².